The van der Waals surface area contributed by atoms with Crippen molar-refractivity contribution in [3.63, 3.8) is 0 Å². The van der Waals surface area contributed by atoms with E-state index in [1.54, 1.807) is 24.3 Å². The molecule has 4 aliphatic rings. The summed E-state index contributed by atoms with van der Waals surface area (Å²) in [4.78, 5) is 41.7. The van der Waals surface area contributed by atoms with Crippen LogP contribution in [-0.4, -0.2) is 35.7 Å². The number of carbonyl (C=O) groups is 3. The summed E-state index contributed by atoms with van der Waals surface area (Å²) < 4.78 is 0. The van der Waals surface area contributed by atoms with Crippen LogP contribution in [0.2, 0.25) is 0 Å². The summed E-state index contributed by atoms with van der Waals surface area (Å²) in [7, 11) is 0. The van der Waals surface area contributed by atoms with Crippen molar-refractivity contribution >= 4 is 23.4 Å². The number of carbonyl (C=O) groups excluding carboxylic acids is 3. The average molecular weight is 364 g/mol. The van der Waals surface area contributed by atoms with Crippen LogP contribution in [0.25, 0.3) is 0 Å². The van der Waals surface area contributed by atoms with E-state index in [4.69, 9.17) is 0 Å². The van der Waals surface area contributed by atoms with Gasteiger partial charge in [0.05, 0.1) is 17.5 Å². The quantitative estimate of drug-likeness (QED) is 0.599. The predicted molar refractivity (Wildman–Crippen MR) is 101 cm³/mol. The molecule has 2 aliphatic heterocycles. The second kappa shape index (κ2) is 6.04. The zero-order chi connectivity index (χ0) is 18.7. The molecular formula is C22H24N2O3. The Balaban J connectivity index is 1.34. The van der Waals surface area contributed by atoms with Crippen LogP contribution in [-0.2, 0) is 9.59 Å². The van der Waals surface area contributed by atoms with Gasteiger partial charge in [0.1, 0.15) is 0 Å². The highest BCUT2D eigenvalue weighted by Crippen LogP contribution is 2.53. The number of likely N-dealkylation sites (tertiary alicyclic amines) is 1. The van der Waals surface area contributed by atoms with Gasteiger partial charge < -0.3 is 4.90 Å². The Labute approximate surface area is 159 Å². The van der Waals surface area contributed by atoms with E-state index in [0.29, 0.717) is 17.2 Å². The number of allylic oxidation sites excluding steroid dienone is 2. The minimum Gasteiger partial charge on any atom is -0.339 e. The number of fused-ring (bicyclic) bond motifs is 5. The molecule has 2 saturated heterocycles. The van der Waals surface area contributed by atoms with Crippen LogP contribution in [0.3, 0.4) is 0 Å². The summed E-state index contributed by atoms with van der Waals surface area (Å²) in [5, 5.41) is 0. The fourth-order valence-electron chi connectivity index (χ4n) is 5.30. The van der Waals surface area contributed by atoms with Gasteiger partial charge in [-0.3, -0.25) is 19.3 Å². The molecule has 0 aromatic heterocycles. The predicted octanol–water partition coefficient (Wildman–Crippen LogP) is 2.87. The van der Waals surface area contributed by atoms with Crippen LogP contribution in [0.4, 0.5) is 5.69 Å². The molecule has 27 heavy (non-hydrogen) atoms. The fraction of sp³-hybridized carbons (Fsp3) is 0.500. The van der Waals surface area contributed by atoms with E-state index in [-0.39, 0.29) is 41.4 Å². The number of anilines is 1. The Hall–Kier alpha value is -2.43. The number of hydrogen-bond donors (Lipinski definition) is 0. The molecule has 3 amide bonds. The smallest absolute Gasteiger partial charge is 0.253 e. The summed E-state index contributed by atoms with van der Waals surface area (Å²) in [5.41, 5.74) is 1.21. The van der Waals surface area contributed by atoms with Crippen molar-refractivity contribution in [1.29, 1.82) is 0 Å². The van der Waals surface area contributed by atoms with Gasteiger partial charge in [0.15, 0.2) is 0 Å². The molecule has 1 aromatic rings. The summed E-state index contributed by atoms with van der Waals surface area (Å²) in [6.45, 7) is 3.81. The van der Waals surface area contributed by atoms with E-state index in [1.165, 1.54) is 4.90 Å². The van der Waals surface area contributed by atoms with E-state index in [1.807, 2.05) is 4.90 Å². The van der Waals surface area contributed by atoms with E-state index < -0.39 is 0 Å². The Morgan fingerprint density at radius 2 is 1.48 bits per heavy atom. The zero-order valence-corrected chi connectivity index (χ0v) is 15.5. The lowest BCUT2D eigenvalue weighted by atomic mass is 9.85. The molecule has 5 nitrogen and oxygen atoms in total. The molecule has 1 saturated carbocycles. The van der Waals surface area contributed by atoms with Gasteiger partial charge in [0.25, 0.3) is 5.91 Å². The monoisotopic (exact) mass is 364 g/mol. The second-order valence-corrected chi connectivity index (χ2v) is 8.53. The molecule has 4 atom stereocenters. The topological polar surface area (TPSA) is 57.7 Å². The van der Waals surface area contributed by atoms with Gasteiger partial charge in [-0.25, -0.2) is 0 Å². The second-order valence-electron chi connectivity index (χ2n) is 8.53. The average Bonchev–Trinajstić information content (AvgIpc) is 3.36. The van der Waals surface area contributed by atoms with Crippen molar-refractivity contribution in [2.24, 2.45) is 29.6 Å². The lowest BCUT2D eigenvalue weighted by Crippen LogP contribution is -2.38. The minimum atomic E-state index is -0.191. The number of nitrogens with zero attached hydrogens (tertiary/aromatic N) is 2. The SMILES string of the molecule is CC1CCN(C(=O)c2ccc(N3C(=O)C4C5C=CC(C5)C4C3=O)cc2)CC1. The van der Waals surface area contributed by atoms with Crippen molar-refractivity contribution in [1.82, 2.24) is 4.90 Å². The number of rotatable bonds is 2. The van der Waals surface area contributed by atoms with Gasteiger partial charge in [-0.05, 0) is 61.3 Å². The van der Waals surface area contributed by atoms with Crippen LogP contribution in [0.15, 0.2) is 36.4 Å². The number of piperidine rings is 1. The van der Waals surface area contributed by atoms with Crippen LogP contribution >= 0.6 is 0 Å². The van der Waals surface area contributed by atoms with Crippen LogP contribution in [0, 0.1) is 29.6 Å². The Kier molecular flexibility index (Phi) is 3.74. The van der Waals surface area contributed by atoms with Crippen molar-refractivity contribution in [3.8, 4) is 0 Å². The first-order valence-corrected chi connectivity index (χ1v) is 10.00. The van der Waals surface area contributed by atoms with Gasteiger partial charge in [-0.1, -0.05) is 19.1 Å². The summed E-state index contributed by atoms with van der Waals surface area (Å²) in [5.74, 6) is 0.595. The largest absolute Gasteiger partial charge is 0.339 e. The molecule has 2 bridgehead atoms. The third kappa shape index (κ3) is 2.47. The maximum absolute atomic E-state index is 12.9. The number of amides is 3. The maximum atomic E-state index is 12.9. The Morgan fingerprint density at radius 1 is 0.926 bits per heavy atom. The van der Waals surface area contributed by atoms with Crippen molar-refractivity contribution < 1.29 is 14.4 Å². The van der Waals surface area contributed by atoms with Crippen molar-refractivity contribution in [2.75, 3.05) is 18.0 Å². The number of hydrogen-bond acceptors (Lipinski definition) is 3. The highest BCUT2D eigenvalue weighted by Gasteiger charge is 2.59. The molecule has 3 fully saturated rings. The van der Waals surface area contributed by atoms with E-state index in [2.05, 4.69) is 19.1 Å². The van der Waals surface area contributed by atoms with Gasteiger partial charge in [0.2, 0.25) is 11.8 Å². The first-order chi connectivity index (χ1) is 13.0. The minimum absolute atomic E-state index is 0.0339. The zero-order valence-electron chi connectivity index (χ0n) is 15.5. The molecule has 2 aliphatic carbocycles. The first kappa shape index (κ1) is 16.7. The number of benzene rings is 1. The molecule has 5 heteroatoms. The van der Waals surface area contributed by atoms with Crippen LogP contribution < -0.4 is 4.90 Å². The Bertz CT molecular complexity index is 806. The molecule has 5 rings (SSSR count). The number of imide groups is 1. The molecule has 1 aromatic carbocycles. The maximum Gasteiger partial charge on any atom is 0.253 e. The molecule has 140 valence electrons. The van der Waals surface area contributed by atoms with Gasteiger partial charge in [0, 0.05) is 18.7 Å². The summed E-state index contributed by atoms with van der Waals surface area (Å²) >= 11 is 0. The molecule has 4 unspecified atom stereocenters. The van der Waals surface area contributed by atoms with E-state index in [0.717, 1.165) is 32.4 Å². The molecule has 0 N–H and O–H groups in total. The molecule has 0 spiro atoms. The van der Waals surface area contributed by atoms with Crippen molar-refractivity contribution in [2.45, 2.75) is 26.2 Å². The third-order valence-electron chi connectivity index (χ3n) is 6.91. The van der Waals surface area contributed by atoms with E-state index in [9.17, 15) is 14.4 Å². The molecule has 0 radical (unpaired) electrons. The highest BCUT2D eigenvalue weighted by molar-refractivity contribution is 6.22. The lowest BCUT2D eigenvalue weighted by Gasteiger charge is -2.30. The van der Waals surface area contributed by atoms with Crippen LogP contribution in [0.1, 0.15) is 36.5 Å². The van der Waals surface area contributed by atoms with Crippen LogP contribution in [0.5, 0.6) is 0 Å². The summed E-state index contributed by atoms with van der Waals surface area (Å²) in [6, 6.07) is 6.98. The normalized spacial score (nSPS) is 32.5. The summed E-state index contributed by atoms with van der Waals surface area (Å²) in [6.07, 6.45) is 7.21. The first-order valence-electron chi connectivity index (χ1n) is 10.00. The van der Waals surface area contributed by atoms with Gasteiger partial charge >= 0.3 is 0 Å². The lowest BCUT2D eigenvalue weighted by molar-refractivity contribution is -0.123. The molecule has 2 heterocycles. The molecular weight excluding hydrogens is 340 g/mol. The van der Waals surface area contributed by atoms with E-state index >= 15 is 0 Å². The highest BCUT2D eigenvalue weighted by atomic mass is 16.2. The standard InChI is InChI=1S/C22H24N2O3/c1-13-8-10-23(11-9-13)20(25)14-4-6-17(7-5-14)24-21(26)18-15-2-3-16(12-15)19(18)22(24)27/h2-7,13,15-16,18-19H,8-12H2,1H3. The van der Waals surface area contributed by atoms with Gasteiger partial charge in [-0.2, -0.15) is 0 Å². The van der Waals surface area contributed by atoms with Crippen molar-refractivity contribution in [3.05, 3.63) is 42.0 Å². The Morgan fingerprint density at radius 3 is 2.04 bits per heavy atom. The fourth-order valence-corrected chi connectivity index (χ4v) is 5.30. The van der Waals surface area contributed by atoms with Gasteiger partial charge in [-0.15, -0.1) is 0 Å². The third-order valence-corrected chi connectivity index (χ3v) is 6.91.